The number of halogens is 1. The predicted molar refractivity (Wildman–Crippen MR) is 110 cm³/mol. The second-order valence-electron chi connectivity index (χ2n) is 5.75. The van der Waals surface area contributed by atoms with Crippen LogP contribution in [0.5, 0.6) is 0 Å². The molecule has 1 aliphatic heterocycles. The lowest BCUT2D eigenvalue weighted by Crippen LogP contribution is -2.52. The van der Waals surface area contributed by atoms with Crippen LogP contribution < -0.4 is 10.2 Å². The number of aryl methyl sites for hydroxylation is 1. The first-order valence-electron chi connectivity index (χ1n) is 8.47. The highest BCUT2D eigenvalue weighted by Crippen LogP contribution is 2.22. The van der Waals surface area contributed by atoms with Crippen LogP contribution in [-0.2, 0) is 12.8 Å². The van der Waals surface area contributed by atoms with Crippen molar-refractivity contribution >= 4 is 49.9 Å². The van der Waals surface area contributed by atoms with Crippen LogP contribution in [0.25, 0.3) is 0 Å². The molecule has 0 spiro atoms. The van der Waals surface area contributed by atoms with E-state index in [1.807, 2.05) is 7.05 Å². The standard InChI is InChI=1S/C16H23BrN6S2/c1-3-14-20-16(25-21-14)23-10-8-22(9-11-23)15(18-2)19-7-6-12-4-5-13(17)24-12/h4-5H,3,6-11H2,1-2H3,(H,18,19). The SMILES string of the molecule is CCc1nsc(N2CCN(C(=NC)NCCc3ccc(Br)s3)CC2)n1. The fourth-order valence-corrected chi connectivity index (χ4v) is 5.03. The molecule has 0 aliphatic carbocycles. The largest absolute Gasteiger partial charge is 0.356 e. The summed E-state index contributed by atoms with van der Waals surface area (Å²) in [6, 6.07) is 4.27. The minimum atomic E-state index is 0.897. The van der Waals surface area contributed by atoms with Crippen LogP contribution in [0, 0.1) is 0 Å². The van der Waals surface area contributed by atoms with E-state index >= 15 is 0 Å². The van der Waals surface area contributed by atoms with Crippen LogP contribution in [-0.4, -0.2) is 60.0 Å². The van der Waals surface area contributed by atoms with Crippen LogP contribution >= 0.6 is 38.8 Å². The van der Waals surface area contributed by atoms with E-state index in [2.05, 4.69) is 64.5 Å². The van der Waals surface area contributed by atoms with E-state index in [4.69, 9.17) is 0 Å². The van der Waals surface area contributed by atoms with Crippen molar-refractivity contribution in [1.29, 1.82) is 0 Å². The Hall–Kier alpha value is -1.19. The maximum absolute atomic E-state index is 4.59. The zero-order chi connectivity index (χ0) is 17.6. The van der Waals surface area contributed by atoms with Gasteiger partial charge < -0.3 is 15.1 Å². The molecular formula is C16H23BrN6S2. The molecule has 2 aromatic heterocycles. The van der Waals surface area contributed by atoms with Crippen molar-refractivity contribution in [2.75, 3.05) is 44.7 Å². The summed E-state index contributed by atoms with van der Waals surface area (Å²) in [6.45, 7) is 6.80. The highest BCUT2D eigenvalue weighted by Gasteiger charge is 2.21. The van der Waals surface area contributed by atoms with E-state index in [1.54, 1.807) is 11.3 Å². The first kappa shape index (κ1) is 18.6. The summed E-state index contributed by atoms with van der Waals surface area (Å²) >= 11 is 6.81. The molecular weight excluding hydrogens is 420 g/mol. The van der Waals surface area contributed by atoms with E-state index in [9.17, 15) is 0 Å². The molecule has 6 nitrogen and oxygen atoms in total. The third kappa shape index (κ3) is 4.92. The van der Waals surface area contributed by atoms with Gasteiger partial charge in [-0.25, -0.2) is 4.98 Å². The topological polar surface area (TPSA) is 56.7 Å². The Morgan fingerprint density at radius 2 is 2.12 bits per heavy atom. The van der Waals surface area contributed by atoms with Crippen LogP contribution in [0.4, 0.5) is 5.13 Å². The third-order valence-electron chi connectivity index (χ3n) is 4.12. The number of nitrogens with zero attached hydrogens (tertiary/aromatic N) is 5. The lowest BCUT2D eigenvalue weighted by Gasteiger charge is -2.36. The number of hydrogen-bond acceptors (Lipinski definition) is 6. The second kappa shape index (κ2) is 8.95. The van der Waals surface area contributed by atoms with Gasteiger partial charge in [0, 0.05) is 62.6 Å². The molecule has 2 aromatic rings. The molecule has 25 heavy (non-hydrogen) atoms. The van der Waals surface area contributed by atoms with E-state index < -0.39 is 0 Å². The Bertz CT molecular complexity index is 705. The predicted octanol–water partition coefficient (Wildman–Crippen LogP) is 2.86. The fourth-order valence-electron chi connectivity index (χ4n) is 2.74. The van der Waals surface area contributed by atoms with E-state index in [0.29, 0.717) is 0 Å². The van der Waals surface area contributed by atoms with Gasteiger partial charge in [-0.15, -0.1) is 11.3 Å². The molecule has 1 aliphatic rings. The van der Waals surface area contributed by atoms with Gasteiger partial charge in [0.25, 0.3) is 0 Å². The van der Waals surface area contributed by atoms with Crippen molar-refractivity contribution in [3.8, 4) is 0 Å². The van der Waals surface area contributed by atoms with Gasteiger partial charge in [-0.1, -0.05) is 6.92 Å². The van der Waals surface area contributed by atoms with Crippen molar-refractivity contribution in [3.05, 3.63) is 26.6 Å². The van der Waals surface area contributed by atoms with Crippen molar-refractivity contribution < 1.29 is 0 Å². The van der Waals surface area contributed by atoms with Gasteiger partial charge in [0.2, 0.25) is 5.13 Å². The number of nitrogens with one attached hydrogen (secondary N) is 1. The van der Waals surface area contributed by atoms with Crippen molar-refractivity contribution in [3.63, 3.8) is 0 Å². The third-order valence-corrected chi connectivity index (χ3v) is 6.62. The number of piperazine rings is 1. The van der Waals surface area contributed by atoms with E-state index in [-0.39, 0.29) is 0 Å². The van der Waals surface area contributed by atoms with Crippen LogP contribution in [0.2, 0.25) is 0 Å². The highest BCUT2D eigenvalue weighted by atomic mass is 79.9. The minimum absolute atomic E-state index is 0.897. The number of guanidine groups is 1. The van der Waals surface area contributed by atoms with Gasteiger partial charge in [0.05, 0.1) is 3.79 Å². The highest BCUT2D eigenvalue weighted by molar-refractivity contribution is 9.11. The monoisotopic (exact) mass is 442 g/mol. The lowest BCUT2D eigenvalue weighted by atomic mass is 10.3. The quantitative estimate of drug-likeness (QED) is 0.569. The summed E-state index contributed by atoms with van der Waals surface area (Å²) in [7, 11) is 1.86. The van der Waals surface area contributed by atoms with Gasteiger partial charge in [-0.2, -0.15) is 4.37 Å². The van der Waals surface area contributed by atoms with E-state index in [0.717, 1.165) is 62.5 Å². The summed E-state index contributed by atoms with van der Waals surface area (Å²) < 4.78 is 5.57. The normalized spacial score (nSPS) is 15.7. The summed E-state index contributed by atoms with van der Waals surface area (Å²) in [5.41, 5.74) is 0. The van der Waals surface area contributed by atoms with Crippen LogP contribution in [0.3, 0.4) is 0 Å². The number of aliphatic imine (C=N–C) groups is 1. The van der Waals surface area contributed by atoms with Crippen molar-refractivity contribution in [1.82, 2.24) is 19.6 Å². The van der Waals surface area contributed by atoms with Gasteiger partial charge in [0.1, 0.15) is 5.82 Å². The first-order chi connectivity index (χ1) is 12.2. The molecule has 0 bridgehead atoms. The number of aromatic nitrogens is 2. The average Bonchev–Trinajstić information content (AvgIpc) is 3.28. The zero-order valence-corrected chi connectivity index (χ0v) is 17.8. The molecule has 0 atom stereocenters. The van der Waals surface area contributed by atoms with E-state index in [1.165, 1.54) is 20.2 Å². The lowest BCUT2D eigenvalue weighted by molar-refractivity contribution is 0.373. The maximum Gasteiger partial charge on any atom is 0.205 e. The molecule has 0 radical (unpaired) electrons. The molecule has 0 saturated carbocycles. The average molecular weight is 443 g/mol. The maximum atomic E-state index is 4.59. The van der Waals surface area contributed by atoms with Gasteiger partial charge in [-0.3, -0.25) is 4.99 Å². The molecule has 0 aromatic carbocycles. The Morgan fingerprint density at radius 1 is 1.32 bits per heavy atom. The van der Waals surface area contributed by atoms with Crippen molar-refractivity contribution in [2.45, 2.75) is 19.8 Å². The van der Waals surface area contributed by atoms with Crippen LogP contribution in [0.1, 0.15) is 17.6 Å². The molecule has 136 valence electrons. The first-order valence-corrected chi connectivity index (χ1v) is 10.8. The molecule has 1 fully saturated rings. The summed E-state index contributed by atoms with van der Waals surface area (Å²) in [4.78, 5) is 15.1. The molecule has 9 heteroatoms. The van der Waals surface area contributed by atoms with Crippen LogP contribution in [0.15, 0.2) is 20.9 Å². The molecule has 0 unspecified atom stereocenters. The fraction of sp³-hybridized carbons (Fsp3) is 0.562. The smallest absolute Gasteiger partial charge is 0.205 e. The number of thiophene rings is 1. The molecule has 1 N–H and O–H groups in total. The molecule has 3 heterocycles. The Kier molecular flexibility index (Phi) is 6.66. The van der Waals surface area contributed by atoms with Crippen molar-refractivity contribution in [2.24, 2.45) is 4.99 Å². The number of anilines is 1. The molecule has 1 saturated heterocycles. The van der Waals surface area contributed by atoms with Gasteiger partial charge >= 0.3 is 0 Å². The van der Waals surface area contributed by atoms with Gasteiger partial charge in [0.15, 0.2) is 5.96 Å². The second-order valence-corrected chi connectivity index (χ2v) is 9.03. The molecule has 0 amide bonds. The number of hydrogen-bond donors (Lipinski definition) is 1. The summed E-state index contributed by atoms with van der Waals surface area (Å²) in [5.74, 6) is 1.93. The van der Waals surface area contributed by atoms with Gasteiger partial charge in [-0.05, 0) is 34.5 Å². The summed E-state index contributed by atoms with van der Waals surface area (Å²) in [5, 5.41) is 4.53. The summed E-state index contributed by atoms with van der Waals surface area (Å²) in [6.07, 6.45) is 1.91. The Labute approximate surface area is 165 Å². The minimum Gasteiger partial charge on any atom is -0.356 e. The Morgan fingerprint density at radius 3 is 2.72 bits per heavy atom. The number of rotatable bonds is 5. The molecule has 3 rings (SSSR count). The Balaban J connectivity index is 1.46. The zero-order valence-electron chi connectivity index (χ0n) is 14.5.